The summed E-state index contributed by atoms with van der Waals surface area (Å²) in [6.45, 7) is 3.35. The van der Waals surface area contributed by atoms with Gasteiger partial charge in [0.15, 0.2) is 0 Å². The molecule has 1 saturated heterocycles. The van der Waals surface area contributed by atoms with E-state index in [1.54, 1.807) is 0 Å². The first-order chi connectivity index (χ1) is 11.6. The fourth-order valence-corrected chi connectivity index (χ4v) is 2.85. The molecule has 0 unspecified atom stereocenters. The average molecular weight is 323 g/mol. The number of amides is 2. The van der Waals surface area contributed by atoms with Crippen molar-refractivity contribution < 1.29 is 9.59 Å². The second-order valence-electron chi connectivity index (χ2n) is 5.90. The molecule has 0 aromatic heterocycles. The van der Waals surface area contributed by atoms with Gasteiger partial charge in [-0.2, -0.15) is 0 Å². The molecular weight excluding hydrogens is 302 g/mol. The molecule has 0 aliphatic carbocycles. The van der Waals surface area contributed by atoms with Crippen LogP contribution in [0, 0.1) is 0 Å². The van der Waals surface area contributed by atoms with Gasteiger partial charge in [0, 0.05) is 24.3 Å². The lowest BCUT2D eigenvalue weighted by molar-refractivity contribution is -0.127. The van der Waals surface area contributed by atoms with Crippen LogP contribution in [0.25, 0.3) is 11.1 Å². The largest absolute Gasteiger partial charge is 0.354 e. The molecule has 0 spiro atoms. The number of hydrogen-bond acceptors (Lipinski definition) is 3. The number of anilines is 1. The summed E-state index contributed by atoms with van der Waals surface area (Å²) >= 11 is 0. The van der Waals surface area contributed by atoms with Crippen molar-refractivity contribution in [3.63, 3.8) is 0 Å². The lowest BCUT2D eigenvalue weighted by Gasteiger charge is -2.31. The number of carbonyl (C=O) groups excluding carboxylic acids is 2. The summed E-state index contributed by atoms with van der Waals surface area (Å²) in [5.41, 5.74) is 2.82. The Morgan fingerprint density at radius 3 is 2.58 bits per heavy atom. The van der Waals surface area contributed by atoms with E-state index in [0.717, 1.165) is 16.8 Å². The summed E-state index contributed by atoms with van der Waals surface area (Å²) in [4.78, 5) is 26.0. The third-order valence-electron chi connectivity index (χ3n) is 4.26. The highest BCUT2D eigenvalue weighted by molar-refractivity contribution is 5.98. The SMILES string of the molecule is C[C@@H](C(=O)Nc1ccccc1-c1ccccc1)N1CCNC(=O)C1. The first-order valence-electron chi connectivity index (χ1n) is 8.11. The Kier molecular flexibility index (Phi) is 4.91. The Morgan fingerprint density at radius 2 is 1.83 bits per heavy atom. The number of rotatable bonds is 4. The van der Waals surface area contributed by atoms with Crippen LogP contribution in [0.5, 0.6) is 0 Å². The zero-order valence-corrected chi connectivity index (χ0v) is 13.7. The van der Waals surface area contributed by atoms with Gasteiger partial charge < -0.3 is 10.6 Å². The molecule has 2 N–H and O–H groups in total. The molecule has 3 rings (SSSR count). The smallest absolute Gasteiger partial charge is 0.241 e. The van der Waals surface area contributed by atoms with Gasteiger partial charge in [-0.3, -0.25) is 14.5 Å². The number of nitrogens with one attached hydrogen (secondary N) is 2. The van der Waals surface area contributed by atoms with Gasteiger partial charge in [-0.1, -0.05) is 48.5 Å². The van der Waals surface area contributed by atoms with Gasteiger partial charge in [-0.05, 0) is 18.6 Å². The first kappa shape index (κ1) is 16.2. The van der Waals surface area contributed by atoms with E-state index in [0.29, 0.717) is 13.1 Å². The molecular formula is C19H21N3O2. The van der Waals surface area contributed by atoms with Crippen molar-refractivity contribution in [1.29, 1.82) is 0 Å². The van der Waals surface area contributed by atoms with Crippen LogP contribution in [0.4, 0.5) is 5.69 Å². The zero-order chi connectivity index (χ0) is 16.9. The molecule has 5 heteroatoms. The molecule has 2 aromatic rings. The van der Waals surface area contributed by atoms with E-state index in [-0.39, 0.29) is 24.4 Å². The molecule has 0 radical (unpaired) electrons. The fourth-order valence-electron chi connectivity index (χ4n) is 2.85. The fraction of sp³-hybridized carbons (Fsp3) is 0.263. The van der Waals surface area contributed by atoms with Crippen molar-refractivity contribution in [1.82, 2.24) is 10.2 Å². The van der Waals surface area contributed by atoms with Crippen molar-refractivity contribution >= 4 is 17.5 Å². The normalized spacial score (nSPS) is 16.3. The summed E-state index contributed by atoms with van der Waals surface area (Å²) in [7, 11) is 0. The molecule has 0 bridgehead atoms. The lowest BCUT2D eigenvalue weighted by atomic mass is 10.0. The van der Waals surface area contributed by atoms with Crippen LogP contribution in [0.1, 0.15) is 6.92 Å². The molecule has 2 aromatic carbocycles. The van der Waals surface area contributed by atoms with Crippen LogP contribution < -0.4 is 10.6 Å². The Labute approximate surface area is 141 Å². The summed E-state index contributed by atoms with van der Waals surface area (Å²) in [5, 5.41) is 5.78. The Morgan fingerprint density at radius 1 is 1.12 bits per heavy atom. The van der Waals surface area contributed by atoms with E-state index in [1.165, 1.54) is 0 Å². The summed E-state index contributed by atoms with van der Waals surface area (Å²) in [5.74, 6) is -0.140. The van der Waals surface area contributed by atoms with Gasteiger partial charge in [0.05, 0.1) is 12.6 Å². The highest BCUT2D eigenvalue weighted by Gasteiger charge is 2.26. The molecule has 2 amide bonds. The van der Waals surface area contributed by atoms with E-state index in [9.17, 15) is 9.59 Å². The molecule has 0 saturated carbocycles. The second-order valence-corrected chi connectivity index (χ2v) is 5.90. The highest BCUT2D eigenvalue weighted by atomic mass is 16.2. The van der Waals surface area contributed by atoms with Crippen molar-refractivity contribution in [3.05, 3.63) is 54.6 Å². The number of piperazine rings is 1. The Balaban J connectivity index is 1.76. The average Bonchev–Trinajstić information content (AvgIpc) is 2.62. The van der Waals surface area contributed by atoms with E-state index >= 15 is 0 Å². The summed E-state index contributed by atoms with van der Waals surface area (Å²) in [6.07, 6.45) is 0. The second kappa shape index (κ2) is 7.27. The number of hydrogen-bond donors (Lipinski definition) is 2. The Hall–Kier alpha value is -2.66. The van der Waals surface area contributed by atoms with Crippen molar-refractivity contribution in [2.24, 2.45) is 0 Å². The van der Waals surface area contributed by atoms with Crippen molar-refractivity contribution in [2.45, 2.75) is 13.0 Å². The number of benzene rings is 2. The predicted molar refractivity (Wildman–Crippen MR) is 94.6 cm³/mol. The molecule has 1 fully saturated rings. The first-order valence-corrected chi connectivity index (χ1v) is 8.11. The summed E-state index contributed by atoms with van der Waals surface area (Å²) in [6, 6.07) is 17.3. The Bertz CT molecular complexity index is 730. The minimum absolute atomic E-state index is 0.0365. The van der Waals surface area contributed by atoms with Gasteiger partial charge in [-0.15, -0.1) is 0 Å². The predicted octanol–water partition coefficient (Wildman–Crippen LogP) is 2.11. The van der Waals surface area contributed by atoms with Crippen LogP contribution >= 0.6 is 0 Å². The number of nitrogens with zero attached hydrogens (tertiary/aromatic N) is 1. The maximum absolute atomic E-state index is 12.6. The monoisotopic (exact) mass is 323 g/mol. The lowest BCUT2D eigenvalue weighted by Crippen LogP contribution is -2.53. The molecule has 5 nitrogen and oxygen atoms in total. The number of para-hydroxylation sites is 1. The van der Waals surface area contributed by atoms with Crippen LogP contribution in [0.2, 0.25) is 0 Å². The topological polar surface area (TPSA) is 61.4 Å². The quantitative estimate of drug-likeness (QED) is 0.906. The maximum atomic E-state index is 12.6. The minimum atomic E-state index is -0.361. The third-order valence-corrected chi connectivity index (χ3v) is 4.26. The molecule has 24 heavy (non-hydrogen) atoms. The standard InChI is InChI=1S/C19H21N3O2/c1-14(22-12-11-20-18(23)13-22)19(24)21-17-10-6-5-9-16(17)15-7-3-2-4-8-15/h2-10,14H,11-13H2,1H3,(H,20,23)(H,21,24)/t14-/m0/s1. The van der Waals surface area contributed by atoms with E-state index < -0.39 is 0 Å². The molecule has 1 atom stereocenters. The van der Waals surface area contributed by atoms with E-state index in [2.05, 4.69) is 10.6 Å². The number of carbonyl (C=O) groups is 2. The summed E-state index contributed by atoms with van der Waals surface area (Å²) < 4.78 is 0. The van der Waals surface area contributed by atoms with Gasteiger partial charge >= 0.3 is 0 Å². The van der Waals surface area contributed by atoms with Crippen LogP contribution in [0.15, 0.2) is 54.6 Å². The molecule has 1 aliphatic heterocycles. The molecule has 124 valence electrons. The van der Waals surface area contributed by atoms with Crippen LogP contribution in [-0.4, -0.2) is 42.4 Å². The van der Waals surface area contributed by atoms with Gasteiger partial charge in [-0.25, -0.2) is 0 Å². The minimum Gasteiger partial charge on any atom is -0.354 e. The third kappa shape index (κ3) is 3.63. The highest BCUT2D eigenvalue weighted by Crippen LogP contribution is 2.27. The van der Waals surface area contributed by atoms with Crippen molar-refractivity contribution in [3.8, 4) is 11.1 Å². The zero-order valence-electron chi connectivity index (χ0n) is 13.7. The van der Waals surface area contributed by atoms with Crippen LogP contribution in [0.3, 0.4) is 0 Å². The van der Waals surface area contributed by atoms with E-state index in [4.69, 9.17) is 0 Å². The molecule has 1 aliphatic rings. The maximum Gasteiger partial charge on any atom is 0.241 e. The van der Waals surface area contributed by atoms with Gasteiger partial charge in [0.1, 0.15) is 0 Å². The van der Waals surface area contributed by atoms with Gasteiger partial charge in [0.2, 0.25) is 11.8 Å². The molecule has 1 heterocycles. The van der Waals surface area contributed by atoms with Crippen molar-refractivity contribution in [2.75, 3.05) is 25.0 Å². The van der Waals surface area contributed by atoms with Crippen LogP contribution in [-0.2, 0) is 9.59 Å². The van der Waals surface area contributed by atoms with E-state index in [1.807, 2.05) is 66.4 Å². The van der Waals surface area contributed by atoms with Gasteiger partial charge in [0.25, 0.3) is 0 Å².